The summed E-state index contributed by atoms with van der Waals surface area (Å²) in [7, 11) is -0.675. The van der Waals surface area contributed by atoms with E-state index in [2.05, 4.69) is 23.7 Å². The van der Waals surface area contributed by atoms with Crippen LogP contribution in [0.25, 0.3) is 0 Å². The van der Waals surface area contributed by atoms with Crippen molar-refractivity contribution in [2.75, 3.05) is 40.4 Å². The van der Waals surface area contributed by atoms with Gasteiger partial charge in [0.15, 0.2) is 0 Å². The van der Waals surface area contributed by atoms with Gasteiger partial charge in [-0.1, -0.05) is 18.8 Å². The van der Waals surface area contributed by atoms with Crippen molar-refractivity contribution < 1.29 is 26.3 Å². The first-order valence-corrected chi connectivity index (χ1v) is 11.9. The standard InChI is InChI=1S/C22H31F3N2O3S/c1-4-27(16-17-30-3)15-5-6-18-7-11-20(12-8-18)26(2)31(28,29)21-13-9-19(10-14-21)22(23,24)25/h9-10,13-14,18,20H,4,7-8,11-12,15-17H2,1-3H3. The van der Waals surface area contributed by atoms with Crippen molar-refractivity contribution in [3.63, 3.8) is 0 Å². The van der Waals surface area contributed by atoms with E-state index in [0.717, 1.165) is 50.2 Å². The van der Waals surface area contributed by atoms with E-state index in [1.165, 1.54) is 11.4 Å². The maximum Gasteiger partial charge on any atom is 0.416 e. The van der Waals surface area contributed by atoms with Crippen LogP contribution in [0, 0.1) is 17.8 Å². The zero-order valence-electron chi connectivity index (χ0n) is 18.3. The topological polar surface area (TPSA) is 49.9 Å². The van der Waals surface area contributed by atoms with E-state index < -0.39 is 21.8 Å². The summed E-state index contributed by atoms with van der Waals surface area (Å²) in [5.41, 5.74) is -0.864. The van der Waals surface area contributed by atoms with Crippen LogP contribution in [-0.4, -0.2) is 64.1 Å². The molecule has 31 heavy (non-hydrogen) atoms. The van der Waals surface area contributed by atoms with Crippen molar-refractivity contribution in [1.82, 2.24) is 9.21 Å². The molecule has 5 nitrogen and oxygen atoms in total. The Hall–Kier alpha value is -1.60. The predicted octanol–water partition coefficient (Wildman–Crippen LogP) is 3.86. The molecule has 1 aliphatic carbocycles. The number of hydrogen-bond acceptors (Lipinski definition) is 4. The number of halogens is 3. The van der Waals surface area contributed by atoms with Gasteiger partial charge in [-0.2, -0.15) is 17.5 Å². The number of nitrogens with zero attached hydrogens (tertiary/aromatic N) is 2. The summed E-state index contributed by atoms with van der Waals surface area (Å²) in [5, 5.41) is 0. The highest BCUT2D eigenvalue weighted by Crippen LogP contribution is 2.32. The molecule has 2 rings (SSSR count). The van der Waals surface area contributed by atoms with Gasteiger partial charge in [-0.3, -0.25) is 4.90 Å². The highest BCUT2D eigenvalue weighted by atomic mass is 32.2. The van der Waals surface area contributed by atoms with Gasteiger partial charge in [-0.15, -0.1) is 0 Å². The number of hydrogen-bond donors (Lipinski definition) is 0. The summed E-state index contributed by atoms with van der Waals surface area (Å²) in [6, 6.07) is 3.47. The smallest absolute Gasteiger partial charge is 0.383 e. The summed E-state index contributed by atoms with van der Waals surface area (Å²) in [4.78, 5) is 2.08. The predicted molar refractivity (Wildman–Crippen MR) is 114 cm³/mol. The van der Waals surface area contributed by atoms with Crippen molar-refractivity contribution in [2.45, 2.75) is 49.7 Å². The first-order chi connectivity index (χ1) is 14.6. The molecule has 1 fully saturated rings. The number of alkyl halides is 3. The number of ether oxygens (including phenoxy) is 1. The first-order valence-electron chi connectivity index (χ1n) is 10.4. The van der Waals surface area contributed by atoms with E-state index in [1.807, 2.05) is 0 Å². The van der Waals surface area contributed by atoms with Crippen LogP contribution in [0.5, 0.6) is 0 Å². The van der Waals surface area contributed by atoms with Crippen LogP contribution in [-0.2, 0) is 20.9 Å². The van der Waals surface area contributed by atoms with Crippen molar-refractivity contribution in [3.8, 4) is 11.8 Å². The van der Waals surface area contributed by atoms with Gasteiger partial charge in [-0.05, 0) is 56.5 Å². The van der Waals surface area contributed by atoms with Gasteiger partial charge in [0.2, 0.25) is 10.0 Å². The highest BCUT2D eigenvalue weighted by Gasteiger charge is 2.33. The van der Waals surface area contributed by atoms with Crippen molar-refractivity contribution in [2.24, 2.45) is 5.92 Å². The van der Waals surface area contributed by atoms with Crippen LogP contribution in [0.3, 0.4) is 0 Å². The van der Waals surface area contributed by atoms with Crippen LogP contribution < -0.4 is 0 Å². The number of sulfonamides is 1. The van der Waals surface area contributed by atoms with Gasteiger partial charge < -0.3 is 4.74 Å². The highest BCUT2D eigenvalue weighted by molar-refractivity contribution is 7.89. The SMILES string of the molecule is CCN(CC#CC1CCC(N(C)S(=O)(=O)c2ccc(C(F)(F)F)cc2)CC1)CCOC. The fraction of sp³-hybridized carbons (Fsp3) is 0.636. The molecule has 1 aromatic carbocycles. The second-order valence-electron chi connectivity index (χ2n) is 7.73. The maximum atomic E-state index is 12.8. The largest absolute Gasteiger partial charge is 0.416 e. The molecule has 0 saturated heterocycles. The van der Waals surface area contributed by atoms with Crippen LogP contribution in [0.4, 0.5) is 13.2 Å². The number of rotatable bonds is 8. The van der Waals surface area contributed by atoms with Crippen molar-refractivity contribution in [3.05, 3.63) is 29.8 Å². The van der Waals surface area contributed by atoms with E-state index in [0.29, 0.717) is 26.0 Å². The Morgan fingerprint density at radius 3 is 2.26 bits per heavy atom. The Labute approximate surface area is 183 Å². The minimum atomic E-state index is -4.49. The Bertz CT molecular complexity index is 853. The lowest BCUT2D eigenvalue weighted by atomic mass is 9.86. The third-order valence-corrected chi connectivity index (χ3v) is 7.66. The number of likely N-dealkylation sites (N-methyl/N-ethyl adjacent to an activating group) is 1. The van der Waals surface area contributed by atoms with E-state index in [9.17, 15) is 21.6 Å². The van der Waals surface area contributed by atoms with Gasteiger partial charge in [0.25, 0.3) is 0 Å². The Kier molecular flexibility index (Phi) is 9.37. The minimum Gasteiger partial charge on any atom is -0.383 e. The zero-order chi connectivity index (χ0) is 23.1. The molecule has 1 aliphatic rings. The Morgan fingerprint density at radius 1 is 1.13 bits per heavy atom. The van der Waals surface area contributed by atoms with Crippen molar-refractivity contribution >= 4 is 10.0 Å². The van der Waals surface area contributed by atoms with Gasteiger partial charge in [0.1, 0.15) is 0 Å². The van der Waals surface area contributed by atoms with Crippen LogP contribution >= 0.6 is 0 Å². The quantitative estimate of drug-likeness (QED) is 0.553. The Morgan fingerprint density at radius 2 is 1.74 bits per heavy atom. The molecule has 0 aliphatic heterocycles. The molecule has 1 saturated carbocycles. The molecule has 0 aromatic heterocycles. The lowest BCUT2D eigenvalue weighted by Crippen LogP contribution is -2.39. The van der Waals surface area contributed by atoms with Crippen LogP contribution in [0.1, 0.15) is 38.2 Å². The Balaban J connectivity index is 1.92. The molecule has 0 atom stereocenters. The van der Waals surface area contributed by atoms with Gasteiger partial charge in [-0.25, -0.2) is 8.42 Å². The molecular formula is C22H31F3N2O3S. The number of benzene rings is 1. The van der Waals surface area contributed by atoms with E-state index in [4.69, 9.17) is 4.74 Å². The van der Waals surface area contributed by atoms with Crippen LogP contribution in [0.2, 0.25) is 0 Å². The average Bonchev–Trinajstić information content (AvgIpc) is 2.75. The third-order valence-electron chi connectivity index (χ3n) is 5.74. The van der Waals surface area contributed by atoms with E-state index in [-0.39, 0.29) is 16.9 Å². The fourth-order valence-corrected chi connectivity index (χ4v) is 5.05. The summed E-state index contributed by atoms with van der Waals surface area (Å²) in [5.74, 6) is 6.77. The molecule has 174 valence electrons. The van der Waals surface area contributed by atoms with Crippen molar-refractivity contribution in [1.29, 1.82) is 0 Å². The molecule has 0 spiro atoms. The number of methoxy groups -OCH3 is 1. The lowest BCUT2D eigenvalue weighted by molar-refractivity contribution is -0.137. The second-order valence-corrected chi connectivity index (χ2v) is 9.73. The molecule has 0 heterocycles. The summed E-state index contributed by atoms with van der Waals surface area (Å²) in [6.45, 7) is 5.16. The first kappa shape index (κ1) is 25.7. The lowest BCUT2D eigenvalue weighted by Gasteiger charge is -2.32. The molecule has 0 radical (unpaired) electrons. The third kappa shape index (κ3) is 7.21. The van der Waals surface area contributed by atoms with E-state index in [1.54, 1.807) is 7.11 Å². The summed E-state index contributed by atoms with van der Waals surface area (Å²) < 4.78 is 70.3. The molecule has 0 unspecified atom stereocenters. The monoisotopic (exact) mass is 460 g/mol. The maximum absolute atomic E-state index is 12.8. The van der Waals surface area contributed by atoms with Gasteiger partial charge in [0.05, 0.1) is 23.6 Å². The normalized spacial score (nSPS) is 20.0. The molecule has 0 amide bonds. The summed E-state index contributed by atoms with van der Waals surface area (Å²) >= 11 is 0. The van der Waals surface area contributed by atoms with E-state index >= 15 is 0 Å². The minimum absolute atomic E-state index is 0.124. The van der Waals surface area contributed by atoms with Gasteiger partial charge >= 0.3 is 6.18 Å². The molecule has 1 aromatic rings. The summed E-state index contributed by atoms with van der Waals surface area (Å²) in [6.07, 6.45) is -1.54. The zero-order valence-corrected chi connectivity index (χ0v) is 19.1. The second kappa shape index (κ2) is 11.3. The van der Waals surface area contributed by atoms with Gasteiger partial charge in [0, 0.05) is 32.7 Å². The average molecular weight is 461 g/mol. The molecule has 0 N–H and O–H groups in total. The molecule has 0 bridgehead atoms. The molecule has 9 heteroatoms. The fourth-order valence-electron chi connectivity index (χ4n) is 3.63. The molecular weight excluding hydrogens is 429 g/mol. The van der Waals surface area contributed by atoms with Crippen LogP contribution in [0.15, 0.2) is 29.2 Å².